The zero-order valence-electron chi connectivity index (χ0n) is 14.5. The van der Waals surface area contributed by atoms with Crippen molar-refractivity contribution >= 4 is 11.6 Å². The molecule has 0 saturated carbocycles. The van der Waals surface area contributed by atoms with Gasteiger partial charge >= 0.3 is 0 Å². The first-order valence-corrected chi connectivity index (χ1v) is 8.31. The molecule has 5 heteroatoms. The maximum atomic E-state index is 12.1. The molecule has 0 radical (unpaired) electrons. The fourth-order valence-corrected chi connectivity index (χ4v) is 2.33. The summed E-state index contributed by atoms with van der Waals surface area (Å²) in [7, 11) is 3.96. The van der Waals surface area contributed by atoms with E-state index in [1.54, 1.807) is 12.4 Å². The number of likely N-dealkylation sites (N-methyl/N-ethyl adjacent to an activating group) is 1. The minimum atomic E-state index is -0.0858. The molecule has 0 saturated heterocycles. The van der Waals surface area contributed by atoms with E-state index in [0.717, 1.165) is 31.6 Å². The number of nitrogens with one attached hydrogen (secondary N) is 2. The number of nitrogens with zero attached hydrogens (tertiary/aromatic N) is 2. The molecular weight excluding hydrogens is 300 g/mol. The Morgan fingerprint density at radius 1 is 1.12 bits per heavy atom. The Kier molecular flexibility index (Phi) is 7.23. The third-order valence-electron chi connectivity index (χ3n) is 3.66. The highest BCUT2D eigenvalue weighted by atomic mass is 16.1. The van der Waals surface area contributed by atoms with Gasteiger partial charge in [-0.3, -0.25) is 9.78 Å². The summed E-state index contributed by atoms with van der Waals surface area (Å²) >= 11 is 0. The van der Waals surface area contributed by atoms with E-state index in [1.165, 1.54) is 5.56 Å². The van der Waals surface area contributed by atoms with Crippen LogP contribution < -0.4 is 10.6 Å². The van der Waals surface area contributed by atoms with Gasteiger partial charge in [-0.25, -0.2) is 0 Å². The average molecular weight is 326 g/mol. The Hall–Kier alpha value is -2.40. The summed E-state index contributed by atoms with van der Waals surface area (Å²) < 4.78 is 0. The second-order valence-electron chi connectivity index (χ2n) is 6.04. The van der Waals surface area contributed by atoms with E-state index in [-0.39, 0.29) is 5.91 Å². The van der Waals surface area contributed by atoms with Gasteiger partial charge in [0.05, 0.1) is 11.3 Å². The van der Waals surface area contributed by atoms with E-state index < -0.39 is 0 Å². The molecule has 2 rings (SSSR count). The first-order valence-electron chi connectivity index (χ1n) is 8.31. The van der Waals surface area contributed by atoms with Gasteiger partial charge < -0.3 is 15.5 Å². The van der Waals surface area contributed by atoms with Crippen LogP contribution >= 0.6 is 0 Å². The molecule has 128 valence electrons. The fourth-order valence-electron chi connectivity index (χ4n) is 2.33. The maximum Gasteiger partial charge on any atom is 0.252 e. The van der Waals surface area contributed by atoms with Crippen molar-refractivity contribution in [3.8, 4) is 0 Å². The third-order valence-corrected chi connectivity index (χ3v) is 3.66. The van der Waals surface area contributed by atoms with E-state index in [1.807, 2.05) is 31.1 Å². The van der Waals surface area contributed by atoms with Gasteiger partial charge in [-0.05, 0) is 38.6 Å². The van der Waals surface area contributed by atoms with Gasteiger partial charge in [-0.1, -0.05) is 30.3 Å². The van der Waals surface area contributed by atoms with Gasteiger partial charge in [-0.2, -0.15) is 0 Å². The largest absolute Gasteiger partial charge is 0.384 e. The molecule has 2 aromatic rings. The van der Waals surface area contributed by atoms with Gasteiger partial charge in [-0.15, -0.1) is 0 Å². The van der Waals surface area contributed by atoms with E-state index in [9.17, 15) is 4.79 Å². The molecule has 0 unspecified atom stereocenters. The summed E-state index contributed by atoms with van der Waals surface area (Å²) in [6, 6.07) is 12.3. The minimum Gasteiger partial charge on any atom is -0.384 e. The van der Waals surface area contributed by atoms with Crippen LogP contribution in [0, 0.1) is 0 Å². The van der Waals surface area contributed by atoms with Gasteiger partial charge in [0, 0.05) is 32.0 Å². The van der Waals surface area contributed by atoms with Crippen molar-refractivity contribution in [2.45, 2.75) is 12.8 Å². The number of hydrogen-bond acceptors (Lipinski definition) is 4. The molecule has 1 heterocycles. The predicted molar refractivity (Wildman–Crippen MR) is 98.4 cm³/mol. The monoisotopic (exact) mass is 326 g/mol. The van der Waals surface area contributed by atoms with E-state index in [2.05, 4.69) is 39.9 Å². The molecule has 0 spiro atoms. The van der Waals surface area contributed by atoms with Crippen LogP contribution in [0.1, 0.15) is 22.3 Å². The number of hydrogen-bond donors (Lipinski definition) is 2. The van der Waals surface area contributed by atoms with Crippen LogP contribution in [-0.4, -0.2) is 49.5 Å². The second kappa shape index (κ2) is 9.67. The molecule has 5 nitrogen and oxygen atoms in total. The van der Waals surface area contributed by atoms with Crippen molar-refractivity contribution in [3.63, 3.8) is 0 Å². The van der Waals surface area contributed by atoms with Crippen LogP contribution in [0.4, 0.5) is 5.69 Å². The van der Waals surface area contributed by atoms with Crippen LogP contribution in [-0.2, 0) is 6.42 Å². The molecule has 0 aliphatic carbocycles. The number of benzene rings is 1. The number of aromatic nitrogens is 1. The van der Waals surface area contributed by atoms with Crippen molar-refractivity contribution in [3.05, 3.63) is 59.9 Å². The number of pyridine rings is 1. The van der Waals surface area contributed by atoms with Crippen LogP contribution in [0.2, 0.25) is 0 Å². The van der Waals surface area contributed by atoms with E-state index in [0.29, 0.717) is 12.1 Å². The molecule has 0 bridgehead atoms. The Bertz CT molecular complexity index is 628. The van der Waals surface area contributed by atoms with Crippen LogP contribution in [0.25, 0.3) is 0 Å². The standard InChI is InChI=1S/C19H26N4O/c1-23(2)12-11-22-19(24)17-13-18(15-20-14-17)21-10-6-9-16-7-4-3-5-8-16/h3-5,7-8,13-15,21H,6,9-12H2,1-2H3,(H,22,24). The molecule has 24 heavy (non-hydrogen) atoms. The number of anilines is 1. The highest BCUT2D eigenvalue weighted by Crippen LogP contribution is 2.09. The van der Waals surface area contributed by atoms with E-state index >= 15 is 0 Å². The number of amides is 1. The van der Waals surface area contributed by atoms with Gasteiger partial charge in [0.25, 0.3) is 5.91 Å². The minimum absolute atomic E-state index is 0.0858. The maximum absolute atomic E-state index is 12.1. The van der Waals surface area contributed by atoms with Crippen molar-refractivity contribution in [1.82, 2.24) is 15.2 Å². The molecular formula is C19H26N4O. The van der Waals surface area contributed by atoms with Crippen molar-refractivity contribution in [2.24, 2.45) is 0 Å². The summed E-state index contributed by atoms with van der Waals surface area (Å²) in [6.07, 6.45) is 5.41. The Morgan fingerprint density at radius 2 is 1.92 bits per heavy atom. The lowest BCUT2D eigenvalue weighted by Gasteiger charge is -2.11. The lowest BCUT2D eigenvalue weighted by Crippen LogP contribution is -2.31. The van der Waals surface area contributed by atoms with Crippen LogP contribution in [0.3, 0.4) is 0 Å². The Balaban J connectivity index is 1.76. The Morgan fingerprint density at radius 3 is 2.67 bits per heavy atom. The first kappa shape index (κ1) is 17.9. The number of aryl methyl sites for hydroxylation is 1. The zero-order chi connectivity index (χ0) is 17.2. The summed E-state index contributed by atoms with van der Waals surface area (Å²) in [6.45, 7) is 2.29. The molecule has 0 aliphatic rings. The lowest BCUT2D eigenvalue weighted by molar-refractivity contribution is 0.0950. The molecule has 0 aliphatic heterocycles. The average Bonchev–Trinajstić information content (AvgIpc) is 2.59. The van der Waals surface area contributed by atoms with Gasteiger partial charge in [0.1, 0.15) is 0 Å². The Labute approximate surface area is 144 Å². The lowest BCUT2D eigenvalue weighted by atomic mass is 10.1. The van der Waals surface area contributed by atoms with Gasteiger partial charge in [0.2, 0.25) is 0 Å². The molecule has 1 aromatic carbocycles. The SMILES string of the molecule is CN(C)CCNC(=O)c1cncc(NCCCc2ccccc2)c1. The van der Waals surface area contributed by atoms with Gasteiger partial charge in [0.15, 0.2) is 0 Å². The number of carbonyl (C=O) groups is 1. The van der Waals surface area contributed by atoms with Crippen molar-refractivity contribution in [1.29, 1.82) is 0 Å². The summed E-state index contributed by atoms with van der Waals surface area (Å²) in [5, 5.41) is 6.23. The number of carbonyl (C=O) groups excluding carboxylic acids is 1. The fraction of sp³-hybridized carbons (Fsp3) is 0.368. The first-order chi connectivity index (χ1) is 11.6. The smallest absolute Gasteiger partial charge is 0.252 e. The predicted octanol–water partition coefficient (Wildman–Crippen LogP) is 2.42. The molecule has 1 aromatic heterocycles. The molecule has 0 atom stereocenters. The highest BCUT2D eigenvalue weighted by molar-refractivity contribution is 5.94. The third kappa shape index (κ3) is 6.38. The van der Waals surface area contributed by atoms with Crippen molar-refractivity contribution < 1.29 is 4.79 Å². The summed E-state index contributed by atoms with van der Waals surface area (Å²) in [4.78, 5) is 18.3. The highest BCUT2D eigenvalue weighted by Gasteiger charge is 2.06. The normalized spacial score (nSPS) is 10.6. The molecule has 2 N–H and O–H groups in total. The van der Waals surface area contributed by atoms with Crippen LogP contribution in [0.15, 0.2) is 48.8 Å². The second-order valence-corrected chi connectivity index (χ2v) is 6.04. The molecule has 0 fully saturated rings. The molecule has 1 amide bonds. The number of rotatable bonds is 9. The topological polar surface area (TPSA) is 57.3 Å². The quantitative estimate of drug-likeness (QED) is 0.695. The summed E-state index contributed by atoms with van der Waals surface area (Å²) in [5.74, 6) is -0.0858. The zero-order valence-corrected chi connectivity index (χ0v) is 14.5. The summed E-state index contributed by atoms with van der Waals surface area (Å²) in [5.41, 5.74) is 2.80. The van der Waals surface area contributed by atoms with E-state index in [4.69, 9.17) is 0 Å². The van der Waals surface area contributed by atoms with Crippen molar-refractivity contribution in [2.75, 3.05) is 39.0 Å². The van der Waals surface area contributed by atoms with Crippen LogP contribution in [0.5, 0.6) is 0 Å².